The summed E-state index contributed by atoms with van der Waals surface area (Å²) in [5.41, 5.74) is 3.60. The van der Waals surface area contributed by atoms with E-state index in [2.05, 4.69) is 35.5 Å². The third kappa shape index (κ3) is 1.69. The van der Waals surface area contributed by atoms with E-state index in [4.69, 9.17) is 0 Å². The van der Waals surface area contributed by atoms with E-state index in [1.807, 2.05) is 24.5 Å². The molecule has 2 heteroatoms. The summed E-state index contributed by atoms with van der Waals surface area (Å²) in [4.78, 5) is 4.33. The van der Waals surface area contributed by atoms with Gasteiger partial charge >= 0.3 is 0 Å². The highest BCUT2D eigenvalue weighted by Gasteiger charge is 1.98. The maximum atomic E-state index is 4.33. The van der Waals surface area contributed by atoms with Crippen LogP contribution in [0.4, 0.5) is 0 Å². The van der Waals surface area contributed by atoms with E-state index < -0.39 is 0 Å². The van der Waals surface area contributed by atoms with Crippen LogP contribution in [0.3, 0.4) is 0 Å². The van der Waals surface area contributed by atoms with E-state index in [1.54, 1.807) is 0 Å². The van der Waals surface area contributed by atoms with Crippen molar-refractivity contribution >= 4 is 11.0 Å². The van der Waals surface area contributed by atoms with Gasteiger partial charge in [-0.3, -0.25) is 0 Å². The molecule has 0 unspecified atom stereocenters. The second-order valence-corrected chi connectivity index (χ2v) is 3.67. The molecule has 0 fully saturated rings. The monoisotopic (exact) mass is 186 g/mol. The lowest BCUT2D eigenvalue weighted by atomic mass is 10.3. The van der Waals surface area contributed by atoms with Crippen molar-refractivity contribution in [2.24, 2.45) is 0 Å². The Hall–Kier alpha value is -1.57. The van der Waals surface area contributed by atoms with Crippen LogP contribution in [0, 0.1) is 0 Å². The molecular weight excluding hydrogens is 172 g/mol. The summed E-state index contributed by atoms with van der Waals surface area (Å²) < 4.78 is 2.16. The Labute approximate surface area is 83.9 Å². The maximum Gasteiger partial charge on any atom is 0.0961 e. The molecule has 14 heavy (non-hydrogen) atoms. The van der Waals surface area contributed by atoms with Gasteiger partial charge in [-0.25, -0.2) is 4.98 Å². The molecule has 0 saturated heterocycles. The van der Waals surface area contributed by atoms with Gasteiger partial charge in [-0.1, -0.05) is 23.8 Å². The van der Waals surface area contributed by atoms with Crippen LogP contribution in [0.1, 0.15) is 13.8 Å². The Morgan fingerprint density at radius 1 is 1.36 bits per heavy atom. The van der Waals surface area contributed by atoms with Crippen LogP contribution >= 0.6 is 0 Å². The number of nitrogens with zero attached hydrogens (tertiary/aromatic N) is 2. The highest BCUT2D eigenvalue weighted by atomic mass is 15.0. The molecule has 1 aromatic carbocycles. The van der Waals surface area contributed by atoms with Crippen molar-refractivity contribution in [3.05, 3.63) is 42.2 Å². The lowest BCUT2D eigenvalue weighted by Gasteiger charge is -1.99. The molecule has 1 heterocycles. The standard InChI is InChI=1S/C12H14N2/c1-10(2)7-8-14-9-13-11-5-3-4-6-12(11)14/h3-7,9H,8H2,1-2H3. The summed E-state index contributed by atoms with van der Waals surface area (Å²) in [6.07, 6.45) is 4.10. The van der Waals surface area contributed by atoms with Crippen LogP contribution in [0.25, 0.3) is 11.0 Å². The highest BCUT2D eigenvalue weighted by molar-refractivity contribution is 5.74. The second kappa shape index (κ2) is 3.66. The van der Waals surface area contributed by atoms with E-state index in [9.17, 15) is 0 Å². The SMILES string of the molecule is CC(C)=CCn1cnc2ccccc21. The number of hydrogen-bond acceptors (Lipinski definition) is 1. The fraction of sp³-hybridized carbons (Fsp3) is 0.250. The molecule has 2 aromatic rings. The van der Waals surface area contributed by atoms with Gasteiger partial charge in [-0.15, -0.1) is 0 Å². The minimum Gasteiger partial charge on any atom is -0.327 e. The van der Waals surface area contributed by atoms with Gasteiger partial charge in [0.1, 0.15) is 0 Å². The second-order valence-electron chi connectivity index (χ2n) is 3.67. The molecule has 0 aliphatic rings. The zero-order valence-electron chi connectivity index (χ0n) is 8.57. The summed E-state index contributed by atoms with van der Waals surface area (Å²) in [7, 11) is 0. The first kappa shape index (κ1) is 9.00. The molecule has 0 atom stereocenters. The first-order valence-corrected chi connectivity index (χ1v) is 4.80. The number of benzene rings is 1. The van der Waals surface area contributed by atoms with Crippen molar-refractivity contribution in [2.75, 3.05) is 0 Å². The molecule has 0 amide bonds. The van der Waals surface area contributed by atoms with Gasteiger partial charge in [-0.05, 0) is 26.0 Å². The van der Waals surface area contributed by atoms with Crippen molar-refractivity contribution < 1.29 is 0 Å². The van der Waals surface area contributed by atoms with E-state index in [-0.39, 0.29) is 0 Å². The summed E-state index contributed by atoms with van der Waals surface area (Å²) >= 11 is 0. The van der Waals surface area contributed by atoms with Crippen molar-refractivity contribution in [1.29, 1.82) is 0 Å². The first-order valence-electron chi connectivity index (χ1n) is 4.80. The fourth-order valence-corrected chi connectivity index (χ4v) is 1.44. The Kier molecular flexibility index (Phi) is 2.35. The van der Waals surface area contributed by atoms with E-state index >= 15 is 0 Å². The van der Waals surface area contributed by atoms with Gasteiger partial charge in [0.05, 0.1) is 17.4 Å². The number of aromatic nitrogens is 2. The minimum atomic E-state index is 0.906. The van der Waals surface area contributed by atoms with Gasteiger partial charge in [0.25, 0.3) is 0 Å². The zero-order valence-corrected chi connectivity index (χ0v) is 8.57. The van der Waals surface area contributed by atoms with Crippen LogP contribution < -0.4 is 0 Å². The van der Waals surface area contributed by atoms with Crippen molar-refractivity contribution in [3.8, 4) is 0 Å². The third-order valence-electron chi connectivity index (χ3n) is 2.22. The lowest BCUT2D eigenvalue weighted by molar-refractivity contribution is 0.843. The highest BCUT2D eigenvalue weighted by Crippen LogP contribution is 2.11. The molecule has 2 nitrogen and oxygen atoms in total. The van der Waals surface area contributed by atoms with Crippen LogP contribution in [0.15, 0.2) is 42.2 Å². The molecule has 0 aliphatic heterocycles. The van der Waals surface area contributed by atoms with Gasteiger partial charge in [0.15, 0.2) is 0 Å². The van der Waals surface area contributed by atoms with Gasteiger partial charge < -0.3 is 4.57 Å². The average Bonchev–Trinajstić information content (AvgIpc) is 2.58. The molecule has 1 aromatic heterocycles. The summed E-state index contributed by atoms with van der Waals surface area (Å²) in [5, 5.41) is 0. The molecule has 0 aliphatic carbocycles. The first-order chi connectivity index (χ1) is 6.77. The third-order valence-corrected chi connectivity index (χ3v) is 2.22. The quantitative estimate of drug-likeness (QED) is 0.659. The summed E-state index contributed by atoms with van der Waals surface area (Å²) in [5.74, 6) is 0. The molecule has 0 saturated carbocycles. The Balaban J connectivity index is 2.38. The van der Waals surface area contributed by atoms with Gasteiger partial charge in [-0.2, -0.15) is 0 Å². The Morgan fingerprint density at radius 3 is 2.93 bits per heavy atom. The predicted molar refractivity (Wildman–Crippen MR) is 59.2 cm³/mol. The number of rotatable bonds is 2. The van der Waals surface area contributed by atoms with Crippen molar-refractivity contribution in [3.63, 3.8) is 0 Å². The van der Waals surface area contributed by atoms with Crippen molar-refractivity contribution in [1.82, 2.24) is 9.55 Å². The molecule has 0 N–H and O–H groups in total. The van der Waals surface area contributed by atoms with Crippen LogP contribution in [0.2, 0.25) is 0 Å². The lowest BCUT2D eigenvalue weighted by Crippen LogP contribution is -1.92. The molecule has 0 radical (unpaired) electrons. The number of para-hydroxylation sites is 2. The smallest absolute Gasteiger partial charge is 0.0961 e. The minimum absolute atomic E-state index is 0.906. The van der Waals surface area contributed by atoms with E-state index in [0.717, 1.165) is 12.1 Å². The number of fused-ring (bicyclic) bond motifs is 1. The molecule has 0 spiro atoms. The predicted octanol–water partition coefficient (Wildman–Crippen LogP) is 3.00. The van der Waals surface area contributed by atoms with Gasteiger partial charge in [0, 0.05) is 6.54 Å². The number of allylic oxidation sites excluding steroid dienone is 2. The number of hydrogen-bond donors (Lipinski definition) is 0. The van der Waals surface area contributed by atoms with Crippen LogP contribution in [0.5, 0.6) is 0 Å². The average molecular weight is 186 g/mol. The summed E-state index contributed by atoms with van der Waals surface area (Å²) in [6.45, 7) is 5.13. The van der Waals surface area contributed by atoms with Crippen molar-refractivity contribution in [2.45, 2.75) is 20.4 Å². The topological polar surface area (TPSA) is 17.8 Å². The van der Waals surface area contributed by atoms with Crippen LogP contribution in [-0.2, 0) is 6.54 Å². The van der Waals surface area contributed by atoms with E-state index in [1.165, 1.54) is 11.1 Å². The largest absolute Gasteiger partial charge is 0.327 e. The van der Waals surface area contributed by atoms with E-state index in [0.29, 0.717) is 0 Å². The molecular formula is C12H14N2. The summed E-state index contributed by atoms with van der Waals surface area (Å²) in [6, 6.07) is 8.19. The molecule has 2 rings (SSSR count). The molecule has 0 bridgehead atoms. The van der Waals surface area contributed by atoms with Crippen LogP contribution in [-0.4, -0.2) is 9.55 Å². The zero-order chi connectivity index (χ0) is 9.97. The Morgan fingerprint density at radius 2 is 2.14 bits per heavy atom. The number of imidazole rings is 1. The normalized spacial score (nSPS) is 10.4. The Bertz CT molecular complexity index is 462. The maximum absolute atomic E-state index is 4.33. The fourth-order valence-electron chi connectivity index (χ4n) is 1.44. The van der Waals surface area contributed by atoms with Gasteiger partial charge in [0.2, 0.25) is 0 Å². The molecule has 72 valence electrons.